The lowest BCUT2D eigenvalue weighted by atomic mass is 10.1. The zero-order valence-corrected chi connectivity index (χ0v) is 19.3. The minimum absolute atomic E-state index is 0.107. The quantitative estimate of drug-likeness (QED) is 0.613. The van der Waals surface area contributed by atoms with Crippen LogP contribution in [-0.4, -0.2) is 33.7 Å². The van der Waals surface area contributed by atoms with Gasteiger partial charge >= 0.3 is 0 Å². The Bertz CT molecular complexity index is 956. The summed E-state index contributed by atoms with van der Waals surface area (Å²) in [7, 11) is -3.43. The van der Waals surface area contributed by atoms with Gasteiger partial charge in [0, 0.05) is 13.0 Å². The zero-order valence-electron chi connectivity index (χ0n) is 18.4. The Labute approximate surface area is 180 Å². The molecule has 164 valence electrons. The lowest BCUT2D eigenvalue weighted by Gasteiger charge is -2.23. The molecule has 7 heteroatoms. The lowest BCUT2D eigenvalue weighted by molar-refractivity contribution is -0.121. The van der Waals surface area contributed by atoms with Crippen LogP contribution in [0.4, 0.5) is 5.69 Å². The highest BCUT2D eigenvalue weighted by atomic mass is 32.2. The summed E-state index contributed by atoms with van der Waals surface area (Å²) in [6.07, 6.45) is 1.87. The predicted octanol–water partition coefficient (Wildman–Crippen LogP) is 4.13. The molecular weight excluding hydrogens is 400 g/mol. The van der Waals surface area contributed by atoms with Crippen LogP contribution < -0.4 is 14.4 Å². The van der Waals surface area contributed by atoms with Crippen LogP contribution in [0.5, 0.6) is 5.75 Å². The molecule has 0 aliphatic heterocycles. The minimum Gasteiger partial charge on any atom is -0.494 e. The van der Waals surface area contributed by atoms with Gasteiger partial charge in [0.15, 0.2) is 0 Å². The lowest BCUT2D eigenvalue weighted by Crippen LogP contribution is -2.32. The predicted molar refractivity (Wildman–Crippen MR) is 122 cm³/mol. The number of anilines is 1. The van der Waals surface area contributed by atoms with E-state index < -0.39 is 10.0 Å². The molecule has 0 unspecified atom stereocenters. The van der Waals surface area contributed by atoms with Crippen molar-refractivity contribution in [3.63, 3.8) is 0 Å². The Hall–Kier alpha value is -2.54. The fourth-order valence-corrected chi connectivity index (χ4v) is 4.12. The standard InChI is InChI=1S/C23H32N2O4S/c1-6-29-22-13-10-20(11-14-22)19(4)24-23(26)8-7-15-25(30(5,27)28)21-12-9-17(2)18(3)16-21/h9-14,16,19H,6-8,15H2,1-5H3,(H,24,26)/t19-/m0/s1. The molecule has 6 nitrogen and oxygen atoms in total. The van der Waals surface area contributed by atoms with E-state index in [1.807, 2.05) is 64.1 Å². The van der Waals surface area contributed by atoms with E-state index in [1.54, 1.807) is 6.07 Å². The zero-order chi connectivity index (χ0) is 22.3. The summed E-state index contributed by atoms with van der Waals surface area (Å²) >= 11 is 0. The van der Waals surface area contributed by atoms with Gasteiger partial charge in [-0.05, 0) is 75.1 Å². The van der Waals surface area contributed by atoms with E-state index in [1.165, 1.54) is 10.6 Å². The number of hydrogen-bond acceptors (Lipinski definition) is 4. The van der Waals surface area contributed by atoms with Crippen molar-refractivity contribution in [2.75, 3.05) is 23.7 Å². The van der Waals surface area contributed by atoms with Crippen molar-refractivity contribution in [1.82, 2.24) is 5.32 Å². The van der Waals surface area contributed by atoms with Crippen LogP contribution in [0.3, 0.4) is 0 Å². The topological polar surface area (TPSA) is 75.7 Å². The van der Waals surface area contributed by atoms with Crippen molar-refractivity contribution in [2.24, 2.45) is 0 Å². The van der Waals surface area contributed by atoms with Gasteiger partial charge in [-0.1, -0.05) is 18.2 Å². The normalized spacial score (nSPS) is 12.3. The van der Waals surface area contributed by atoms with E-state index in [0.29, 0.717) is 18.7 Å². The molecular formula is C23H32N2O4S. The largest absolute Gasteiger partial charge is 0.494 e. The van der Waals surface area contributed by atoms with E-state index in [0.717, 1.165) is 22.4 Å². The summed E-state index contributed by atoms with van der Waals surface area (Å²) in [6, 6.07) is 13.1. The van der Waals surface area contributed by atoms with Crippen molar-refractivity contribution < 1.29 is 17.9 Å². The first-order chi connectivity index (χ1) is 14.1. The van der Waals surface area contributed by atoms with Crippen LogP contribution in [0.1, 0.15) is 49.4 Å². The fourth-order valence-electron chi connectivity index (χ4n) is 3.17. The van der Waals surface area contributed by atoms with Crippen LogP contribution in [-0.2, 0) is 14.8 Å². The van der Waals surface area contributed by atoms with Gasteiger partial charge in [0.25, 0.3) is 0 Å². The molecule has 0 heterocycles. The van der Waals surface area contributed by atoms with Gasteiger partial charge < -0.3 is 10.1 Å². The second kappa shape index (κ2) is 10.5. The second-order valence-corrected chi connectivity index (χ2v) is 9.41. The molecule has 0 saturated heterocycles. The highest BCUT2D eigenvalue weighted by molar-refractivity contribution is 7.92. The van der Waals surface area contributed by atoms with E-state index in [-0.39, 0.29) is 24.9 Å². The first-order valence-corrected chi connectivity index (χ1v) is 12.0. The third kappa shape index (κ3) is 6.76. The highest BCUT2D eigenvalue weighted by Gasteiger charge is 2.18. The smallest absolute Gasteiger partial charge is 0.232 e. The van der Waals surface area contributed by atoms with Gasteiger partial charge in [0.05, 0.1) is 24.6 Å². The average molecular weight is 433 g/mol. The molecule has 0 spiro atoms. The molecule has 1 N–H and O–H groups in total. The first-order valence-electron chi connectivity index (χ1n) is 10.2. The molecule has 0 radical (unpaired) electrons. The summed E-state index contributed by atoms with van der Waals surface area (Å²) < 4.78 is 31.3. The average Bonchev–Trinajstić information content (AvgIpc) is 2.67. The van der Waals surface area contributed by atoms with Crippen LogP contribution in [0.25, 0.3) is 0 Å². The van der Waals surface area contributed by atoms with Gasteiger partial charge in [-0.2, -0.15) is 0 Å². The Balaban J connectivity index is 1.92. The van der Waals surface area contributed by atoms with Crippen LogP contribution in [0.15, 0.2) is 42.5 Å². The maximum atomic E-state index is 12.4. The number of ether oxygens (including phenoxy) is 1. The third-order valence-electron chi connectivity index (χ3n) is 5.01. The molecule has 2 aromatic rings. The molecule has 2 aromatic carbocycles. The van der Waals surface area contributed by atoms with E-state index in [9.17, 15) is 13.2 Å². The van der Waals surface area contributed by atoms with Gasteiger partial charge in [0.1, 0.15) is 5.75 Å². The van der Waals surface area contributed by atoms with Gasteiger partial charge in [-0.25, -0.2) is 8.42 Å². The molecule has 0 aromatic heterocycles. The second-order valence-electron chi connectivity index (χ2n) is 7.50. The summed E-state index contributed by atoms with van der Waals surface area (Å²) in [6.45, 7) is 8.66. The Morgan fingerprint density at radius 1 is 1.10 bits per heavy atom. The number of nitrogens with zero attached hydrogens (tertiary/aromatic N) is 1. The SMILES string of the molecule is CCOc1ccc([C@H](C)NC(=O)CCCN(c2ccc(C)c(C)c2)S(C)(=O)=O)cc1. The van der Waals surface area contributed by atoms with Gasteiger partial charge in [-0.3, -0.25) is 9.10 Å². The number of carbonyl (C=O) groups is 1. The van der Waals surface area contributed by atoms with Crippen molar-refractivity contribution in [1.29, 1.82) is 0 Å². The number of nitrogens with one attached hydrogen (secondary N) is 1. The third-order valence-corrected chi connectivity index (χ3v) is 6.21. The number of aryl methyl sites for hydroxylation is 2. The maximum absolute atomic E-state index is 12.4. The van der Waals surface area contributed by atoms with Crippen LogP contribution >= 0.6 is 0 Å². The molecule has 0 fully saturated rings. The summed E-state index contributed by atoms with van der Waals surface area (Å²) in [5.74, 6) is 0.692. The van der Waals surface area contributed by atoms with Crippen molar-refractivity contribution in [2.45, 2.75) is 46.6 Å². The highest BCUT2D eigenvalue weighted by Crippen LogP contribution is 2.22. The molecule has 1 atom stereocenters. The number of benzene rings is 2. The molecule has 2 rings (SSSR count). The number of carbonyl (C=O) groups excluding carboxylic acids is 1. The summed E-state index contributed by atoms with van der Waals surface area (Å²) in [5, 5.41) is 2.97. The Morgan fingerprint density at radius 2 is 1.77 bits per heavy atom. The van der Waals surface area contributed by atoms with Crippen molar-refractivity contribution in [3.8, 4) is 5.75 Å². The molecule has 0 aliphatic carbocycles. The van der Waals surface area contributed by atoms with E-state index >= 15 is 0 Å². The maximum Gasteiger partial charge on any atom is 0.232 e. The fraction of sp³-hybridized carbons (Fsp3) is 0.435. The molecule has 30 heavy (non-hydrogen) atoms. The monoisotopic (exact) mass is 432 g/mol. The number of amides is 1. The molecule has 1 amide bonds. The summed E-state index contributed by atoms with van der Waals surface area (Å²) in [4.78, 5) is 12.4. The van der Waals surface area contributed by atoms with Crippen LogP contribution in [0.2, 0.25) is 0 Å². The minimum atomic E-state index is -3.43. The molecule has 0 aliphatic rings. The van der Waals surface area contributed by atoms with Crippen LogP contribution in [0, 0.1) is 13.8 Å². The summed E-state index contributed by atoms with van der Waals surface area (Å²) in [5.41, 5.74) is 3.75. The van der Waals surface area contributed by atoms with Crippen molar-refractivity contribution >= 4 is 21.6 Å². The first kappa shape index (κ1) is 23.7. The Kier molecular flexibility index (Phi) is 8.29. The number of hydrogen-bond donors (Lipinski definition) is 1. The molecule has 0 bridgehead atoms. The van der Waals surface area contributed by atoms with Gasteiger partial charge in [-0.15, -0.1) is 0 Å². The molecule has 0 saturated carbocycles. The number of sulfonamides is 1. The van der Waals surface area contributed by atoms with Crippen molar-refractivity contribution in [3.05, 3.63) is 59.2 Å². The van der Waals surface area contributed by atoms with Gasteiger partial charge in [0.2, 0.25) is 15.9 Å². The van der Waals surface area contributed by atoms with E-state index in [4.69, 9.17) is 4.74 Å². The Morgan fingerprint density at radius 3 is 2.33 bits per heavy atom. The number of rotatable bonds is 10. The van der Waals surface area contributed by atoms with E-state index in [2.05, 4.69) is 5.32 Å².